The average Bonchev–Trinajstić information content (AvgIpc) is 2.84. The molecule has 0 aliphatic carbocycles. The van der Waals surface area contributed by atoms with Gasteiger partial charge in [-0.25, -0.2) is 9.97 Å². The summed E-state index contributed by atoms with van der Waals surface area (Å²) in [5, 5.41) is 3.97. The van der Waals surface area contributed by atoms with Gasteiger partial charge in [-0.05, 0) is 38.0 Å². The third kappa shape index (κ3) is 5.59. The summed E-state index contributed by atoms with van der Waals surface area (Å²) in [5.41, 5.74) is 0.992. The Hall–Kier alpha value is -3.06. The largest absolute Gasteiger partial charge is 0.494 e. The molecule has 32 heavy (non-hydrogen) atoms. The van der Waals surface area contributed by atoms with E-state index in [2.05, 4.69) is 32.3 Å². The first-order valence-electron chi connectivity index (χ1n) is 11.0. The number of nitrogens with zero attached hydrogens (tertiary/aromatic N) is 3. The van der Waals surface area contributed by atoms with Crippen molar-refractivity contribution in [1.82, 2.24) is 15.3 Å². The zero-order chi connectivity index (χ0) is 22.2. The van der Waals surface area contributed by atoms with Gasteiger partial charge >= 0.3 is 0 Å². The Balaban J connectivity index is 1.41. The zero-order valence-corrected chi connectivity index (χ0v) is 19.1. The summed E-state index contributed by atoms with van der Waals surface area (Å²) in [5.74, 6) is 1.66. The van der Waals surface area contributed by atoms with Crippen LogP contribution in [0.4, 0.5) is 5.82 Å². The highest BCUT2D eigenvalue weighted by Gasteiger charge is 2.28. The monoisotopic (exact) mass is 448 g/mol. The van der Waals surface area contributed by atoms with Crippen LogP contribution in [0.25, 0.3) is 0 Å². The highest BCUT2D eigenvalue weighted by atomic mass is 32.2. The van der Waals surface area contributed by atoms with E-state index >= 15 is 0 Å². The quantitative estimate of drug-likeness (QED) is 0.545. The van der Waals surface area contributed by atoms with Gasteiger partial charge in [-0.3, -0.25) is 4.79 Å². The van der Waals surface area contributed by atoms with Crippen LogP contribution < -0.4 is 15.0 Å². The summed E-state index contributed by atoms with van der Waals surface area (Å²) in [4.78, 5) is 25.5. The first-order valence-corrected chi connectivity index (χ1v) is 11.8. The van der Waals surface area contributed by atoms with Crippen molar-refractivity contribution in [3.05, 3.63) is 72.6 Å². The number of nitrogens with one attached hydrogen (secondary N) is 1. The van der Waals surface area contributed by atoms with E-state index in [1.54, 1.807) is 24.2 Å². The van der Waals surface area contributed by atoms with Crippen LogP contribution in [0.5, 0.6) is 5.75 Å². The SMILES string of the molecule is CCOc1ccccc1CNC(=O)C1CCCN(c2nccnc2Sc2ccccc2)C1. The van der Waals surface area contributed by atoms with Gasteiger partial charge in [-0.2, -0.15) is 0 Å². The number of hydrogen-bond acceptors (Lipinski definition) is 6. The molecule has 1 amide bonds. The lowest BCUT2D eigenvalue weighted by atomic mass is 9.97. The Labute approximate surface area is 193 Å². The zero-order valence-electron chi connectivity index (χ0n) is 18.2. The molecule has 1 aliphatic rings. The number of aromatic nitrogens is 2. The van der Waals surface area contributed by atoms with E-state index in [0.29, 0.717) is 19.7 Å². The fraction of sp³-hybridized carbons (Fsp3) is 0.320. The van der Waals surface area contributed by atoms with Gasteiger partial charge in [0.25, 0.3) is 0 Å². The predicted octanol–water partition coefficient (Wildman–Crippen LogP) is 4.56. The number of hydrogen-bond donors (Lipinski definition) is 1. The fourth-order valence-corrected chi connectivity index (χ4v) is 4.77. The number of piperidine rings is 1. The molecule has 1 N–H and O–H groups in total. The van der Waals surface area contributed by atoms with Crippen molar-refractivity contribution in [2.45, 2.75) is 36.2 Å². The van der Waals surface area contributed by atoms with E-state index in [0.717, 1.165) is 46.4 Å². The molecule has 7 heteroatoms. The lowest BCUT2D eigenvalue weighted by Gasteiger charge is -2.33. The molecule has 1 aromatic heterocycles. The topological polar surface area (TPSA) is 67.3 Å². The minimum Gasteiger partial charge on any atom is -0.494 e. The maximum atomic E-state index is 13.0. The van der Waals surface area contributed by atoms with Crippen molar-refractivity contribution in [1.29, 1.82) is 0 Å². The Bertz CT molecular complexity index is 1030. The van der Waals surface area contributed by atoms with E-state index in [9.17, 15) is 4.79 Å². The van der Waals surface area contributed by atoms with Crippen molar-refractivity contribution in [3.8, 4) is 5.75 Å². The first-order chi connectivity index (χ1) is 15.7. The van der Waals surface area contributed by atoms with Gasteiger partial charge in [-0.15, -0.1) is 0 Å². The van der Waals surface area contributed by atoms with Gasteiger partial charge in [0, 0.05) is 42.5 Å². The number of carbonyl (C=O) groups excluding carboxylic acids is 1. The summed E-state index contributed by atoms with van der Waals surface area (Å²) < 4.78 is 5.67. The predicted molar refractivity (Wildman–Crippen MR) is 127 cm³/mol. The summed E-state index contributed by atoms with van der Waals surface area (Å²) in [6.45, 7) is 4.54. The van der Waals surface area contributed by atoms with Gasteiger partial charge in [0.15, 0.2) is 5.82 Å². The molecule has 1 saturated heterocycles. The summed E-state index contributed by atoms with van der Waals surface area (Å²) in [6.07, 6.45) is 5.26. The van der Waals surface area contributed by atoms with Crippen LogP contribution in [0.1, 0.15) is 25.3 Å². The van der Waals surface area contributed by atoms with Crippen molar-refractivity contribution in [2.75, 3.05) is 24.6 Å². The minimum absolute atomic E-state index is 0.0714. The fourth-order valence-electron chi connectivity index (χ4n) is 3.86. The standard InChI is InChI=1S/C25H28N4O2S/c1-2-31-22-13-7-6-9-19(22)17-28-24(30)20-10-8-16-29(18-20)23-25(27-15-14-26-23)32-21-11-4-3-5-12-21/h3-7,9,11-15,20H,2,8,10,16-18H2,1H3,(H,28,30). The number of carbonyl (C=O) groups is 1. The van der Waals surface area contributed by atoms with Crippen LogP contribution in [0.2, 0.25) is 0 Å². The van der Waals surface area contributed by atoms with Crippen LogP contribution in [-0.4, -0.2) is 35.6 Å². The molecule has 0 saturated carbocycles. The van der Waals surface area contributed by atoms with Crippen molar-refractivity contribution in [3.63, 3.8) is 0 Å². The Morgan fingerprint density at radius 1 is 1.12 bits per heavy atom. The second kappa shape index (κ2) is 11.0. The van der Waals surface area contributed by atoms with Gasteiger partial charge in [0.1, 0.15) is 10.8 Å². The van der Waals surface area contributed by atoms with E-state index in [1.807, 2.05) is 49.4 Å². The average molecular weight is 449 g/mol. The lowest BCUT2D eigenvalue weighted by molar-refractivity contribution is -0.125. The van der Waals surface area contributed by atoms with Crippen LogP contribution in [0, 0.1) is 5.92 Å². The van der Waals surface area contributed by atoms with E-state index < -0.39 is 0 Å². The maximum absolute atomic E-state index is 13.0. The highest BCUT2D eigenvalue weighted by molar-refractivity contribution is 7.99. The highest BCUT2D eigenvalue weighted by Crippen LogP contribution is 2.33. The molecule has 166 valence electrons. The van der Waals surface area contributed by atoms with Gasteiger partial charge in [0.05, 0.1) is 12.5 Å². The number of rotatable bonds is 8. The molecule has 4 rings (SSSR count). The number of amides is 1. The summed E-state index contributed by atoms with van der Waals surface area (Å²) in [7, 11) is 0. The molecule has 0 radical (unpaired) electrons. The van der Waals surface area contributed by atoms with E-state index in [4.69, 9.17) is 4.74 Å². The van der Waals surface area contributed by atoms with Crippen molar-refractivity contribution in [2.24, 2.45) is 5.92 Å². The van der Waals surface area contributed by atoms with Crippen LogP contribution in [0.3, 0.4) is 0 Å². The molecular formula is C25H28N4O2S. The normalized spacial score (nSPS) is 15.9. The van der Waals surface area contributed by atoms with E-state index in [-0.39, 0.29) is 11.8 Å². The Morgan fingerprint density at radius 3 is 2.75 bits per heavy atom. The molecule has 3 aromatic rings. The molecule has 0 spiro atoms. The third-order valence-corrected chi connectivity index (χ3v) is 6.41. The second-order valence-corrected chi connectivity index (χ2v) is 8.71. The molecular weight excluding hydrogens is 420 g/mol. The van der Waals surface area contributed by atoms with Gasteiger partial charge < -0.3 is 15.0 Å². The van der Waals surface area contributed by atoms with Gasteiger partial charge in [0.2, 0.25) is 5.91 Å². The lowest BCUT2D eigenvalue weighted by Crippen LogP contribution is -2.43. The molecule has 1 atom stereocenters. The maximum Gasteiger partial charge on any atom is 0.225 e. The van der Waals surface area contributed by atoms with Gasteiger partial charge in [-0.1, -0.05) is 48.2 Å². The Morgan fingerprint density at radius 2 is 1.91 bits per heavy atom. The molecule has 1 fully saturated rings. The number of para-hydroxylation sites is 1. The third-order valence-electron chi connectivity index (χ3n) is 5.42. The van der Waals surface area contributed by atoms with Crippen LogP contribution in [0.15, 0.2) is 76.9 Å². The molecule has 2 aromatic carbocycles. The van der Waals surface area contributed by atoms with Crippen LogP contribution >= 0.6 is 11.8 Å². The van der Waals surface area contributed by atoms with Crippen molar-refractivity contribution < 1.29 is 9.53 Å². The second-order valence-electron chi connectivity index (χ2n) is 7.64. The van der Waals surface area contributed by atoms with Crippen LogP contribution in [-0.2, 0) is 11.3 Å². The van der Waals surface area contributed by atoms with E-state index in [1.165, 1.54) is 0 Å². The smallest absolute Gasteiger partial charge is 0.225 e. The molecule has 2 heterocycles. The Kier molecular flexibility index (Phi) is 7.61. The molecule has 1 aliphatic heterocycles. The van der Waals surface area contributed by atoms with Crippen molar-refractivity contribution >= 4 is 23.5 Å². The number of ether oxygens (including phenoxy) is 1. The molecule has 1 unspecified atom stereocenters. The first kappa shape index (κ1) is 22.1. The minimum atomic E-state index is -0.0837. The summed E-state index contributed by atoms with van der Waals surface area (Å²) in [6, 6.07) is 18.0. The number of anilines is 1. The number of benzene rings is 2. The molecule has 0 bridgehead atoms. The molecule has 6 nitrogen and oxygen atoms in total. The summed E-state index contributed by atoms with van der Waals surface area (Å²) >= 11 is 1.60.